The Morgan fingerprint density at radius 1 is 1.56 bits per heavy atom. The van der Waals surface area contributed by atoms with E-state index in [0.29, 0.717) is 13.1 Å². The highest BCUT2D eigenvalue weighted by molar-refractivity contribution is 5.94. The number of amides is 1. The van der Waals surface area contributed by atoms with Gasteiger partial charge in [-0.25, -0.2) is 0 Å². The number of nitrogens with zero attached hydrogens (tertiary/aromatic N) is 2. The Labute approximate surface area is 92.9 Å². The van der Waals surface area contributed by atoms with Gasteiger partial charge >= 0.3 is 0 Å². The molecular weight excluding hydrogens is 208 g/mol. The zero-order chi connectivity index (χ0) is 11.7. The molecule has 5 heteroatoms. The van der Waals surface area contributed by atoms with Crippen molar-refractivity contribution in [3.05, 3.63) is 34.2 Å². The van der Waals surface area contributed by atoms with Crippen LogP contribution < -0.4 is 5.56 Å². The fourth-order valence-electron chi connectivity index (χ4n) is 1.78. The molecule has 1 saturated heterocycles. The van der Waals surface area contributed by atoms with Gasteiger partial charge in [-0.3, -0.25) is 9.59 Å². The van der Waals surface area contributed by atoms with Crippen LogP contribution in [0.2, 0.25) is 0 Å². The summed E-state index contributed by atoms with van der Waals surface area (Å²) in [6.45, 7) is 1.16. The summed E-state index contributed by atoms with van der Waals surface area (Å²) < 4.78 is 1.39. The SMILES string of the molecule is Cn1cccc(C(=O)N2CC(CO)C2)c1=O. The smallest absolute Gasteiger partial charge is 0.263 e. The van der Waals surface area contributed by atoms with E-state index in [0.717, 1.165) is 0 Å². The summed E-state index contributed by atoms with van der Waals surface area (Å²) in [6.07, 6.45) is 1.62. The lowest BCUT2D eigenvalue weighted by Gasteiger charge is -2.38. The number of carbonyl (C=O) groups excluding carboxylic acids is 1. The van der Waals surface area contributed by atoms with Crippen molar-refractivity contribution in [2.24, 2.45) is 13.0 Å². The van der Waals surface area contributed by atoms with Gasteiger partial charge in [0, 0.05) is 38.9 Å². The lowest BCUT2D eigenvalue weighted by atomic mass is 10.0. The van der Waals surface area contributed by atoms with Gasteiger partial charge in [-0.2, -0.15) is 0 Å². The monoisotopic (exact) mass is 222 g/mol. The minimum absolute atomic E-state index is 0.0938. The maximum Gasteiger partial charge on any atom is 0.263 e. The van der Waals surface area contributed by atoms with E-state index in [1.165, 1.54) is 10.6 Å². The second kappa shape index (κ2) is 4.09. The van der Waals surface area contributed by atoms with Crippen molar-refractivity contribution in [1.29, 1.82) is 0 Å². The molecule has 0 bridgehead atoms. The summed E-state index contributed by atoms with van der Waals surface area (Å²) in [4.78, 5) is 25.1. The molecule has 0 spiro atoms. The number of aliphatic hydroxyl groups is 1. The van der Waals surface area contributed by atoms with E-state index in [-0.39, 0.29) is 29.6 Å². The molecule has 0 saturated carbocycles. The second-order valence-electron chi connectivity index (χ2n) is 4.10. The fourth-order valence-corrected chi connectivity index (χ4v) is 1.78. The van der Waals surface area contributed by atoms with Crippen molar-refractivity contribution in [3.63, 3.8) is 0 Å². The zero-order valence-corrected chi connectivity index (χ0v) is 9.09. The van der Waals surface area contributed by atoms with Gasteiger partial charge in [-0.1, -0.05) is 0 Å². The van der Waals surface area contributed by atoms with Crippen molar-refractivity contribution in [3.8, 4) is 0 Å². The lowest BCUT2D eigenvalue weighted by Crippen LogP contribution is -2.52. The fraction of sp³-hybridized carbons (Fsp3) is 0.455. The van der Waals surface area contributed by atoms with E-state index >= 15 is 0 Å². The quantitative estimate of drug-likeness (QED) is 0.730. The zero-order valence-electron chi connectivity index (χ0n) is 9.09. The van der Waals surface area contributed by atoms with Crippen LogP contribution in [0.4, 0.5) is 0 Å². The molecule has 1 amide bonds. The molecule has 1 aliphatic rings. The number of carbonyl (C=O) groups is 1. The molecule has 2 rings (SSSR count). The first-order chi connectivity index (χ1) is 7.63. The van der Waals surface area contributed by atoms with Gasteiger partial charge in [0.25, 0.3) is 11.5 Å². The third-order valence-electron chi connectivity index (χ3n) is 2.86. The lowest BCUT2D eigenvalue weighted by molar-refractivity contribution is 0.0360. The van der Waals surface area contributed by atoms with Crippen LogP contribution in [0.5, 0.6) is 0 Å². The molecule has 1 N–H and O–H groups in total. The van der Waals surface area contributed by atoms with Crippen molar-refractivity contribution in [2.75, 3.05) is 19.7 Å². The molecule has 5 nitrogen and oxygen atoms in total. The number of aliphatic hydroxyl groups excluding tert-OH is 1. The first kappa shape index (κ1) is 10.9. The highest BCUT2D eigenvalue weighted by Crippen LogP contribution is 2.16. The third kappa shape index (κ3) is 1.74. The molecule has 0 radical (unpaired) electrons. The Hall–Kier alpha value is -1.62. The molecule has 1 aromatic heterocycles. The molecule has 0 unspecified atom stereocenters. The summed E-state index contributed by atoms with van der Waals surface area (Å²) in [7, 11) is 1.62. The van der Waals surface area contributed by atoms with E-state index < -0.39 is 0 Å². The number of rotatable bonds is 2. The molecule has 1 fully saturated rings. The van der Waals surface area contributed by atoms with E-state index in [2.05, 4.69) is 0 Å². The largest absolute Gasteiger partial charge is 0.396 e. The number of hydrogen-bond donors (Lipinski definition) is 1. The van der Waals surface area contributed by atoms with Gasteiger partial charge < -0.3 is 14.6 Å². The maximum absolute atomic E-state index is 11.9. The highest BCUT2D eigenvalue weighted by Gasteiger charge is 2.31. The predicted molar refractivity (Wildman–Crippen MR) is 58.2 cm³/mol. The topological polar surface area (TPSA) is 62.5 Å². The van der Waals surface area contributed by atoms with Crippen LogP contribution in [0.25, 0.3) is 0 Å². The average Bonchev–Trinajstić information content (AvgIpc) is 2.20. The first-order valence-electron chi connectivity index (χ1n) is 5.19. The average molecular weight is 222 g/mol. The van der Waals surface area contributed by atoms with Gasteiger partial charge in [-0.15, -0.1) is 0 Å². The van der Waals surface area contributed by atoms with Crippen LogP contribution in [-0.4, -0.2) is 40.2 Å². The van der Waals surface area contributed by atoms with Crippen LogP contribution in [0.15, 0.2) is 23.1 Å². The predicted octanol–water partition coefficient (Wildman–Crippen LogP) is -0.550. The Morgan fingerprint density at radius 3 is 2.88 bits per heavy atom. The minimum Gasteiger partial charge on any atom is -0.396 e. The molecule has 1 aromatic rings. The van der Waals surface area contributed by atoms with Crippen molar-refractivity contribution in [2.45, 2.75) is 0 Å². The standard InChI is InChI=1S/C11H14N2O3/c1-12-4-2-3-9(10(12)15)11(16)13-5-8(6-13)7-14/h2-4,8,14H,5-7H2,1H3. The molecule has 0 aromatic carbocycles. The molecule has 1 aliphatic heterocycles. The van der Waals surface area contributed by atoms with Gasteiger partial charge in [0.15, 0.2) is 0 Å². The normalized spacial score (nSPS) is 16.0. The molecular formula is C11H14N2O3. The Morgan fingerprint density at radius 2 is 2.25 bits per heavy atom. The summed E-state index contributed by atoms with van der Waals surface area (Å²) >= 11 is 0. The summed E-state index contributed by atoms with van der Waals surface area (Å²) in [5.74, 6) is -0.0811. The molecule has 86 valence electrons. The third-order valence-corrected chi connectivity index (χ3v) is 2.86. The molecule has 0 atom stereocenters. The van der Waals surface area contributed by atoms with Gasteiger partial charge in [-0.05, 0) is 12.1 Å². The van der Waals surface area contributed by atoms with Crippen molar-refractivity contribution < 1.29 is 9.90 Å². The molecule has 0 aliphatic carbocycles. The number of likely N-dealkylation sites (tertiary alicyclic amines) is 1. The Kier molecular flexibility index (Phi) is 2.78. The number of aryl methyl sites for hydroxylation is 1. The van der Waals surface area contributed by atoms with E-state index in [9.17, 15) is 9.59 Å². The van der Waals surface area contributed by atoms with Crippen LogP contribution in [0, 0.1) is 5.92 Å². The van der Waals surface area contributed by atoms with Gasteiger partial charge in [0.05, 0.1) is 0 Å². The Bertz CT molecular complexity index is 461. The summed E-state index contributed by atoms with van der Waals surface area (Å²) in [5.41, 5.74) is -0.0821. The number of hydrogen-bond acceptors (Lipinski definition) is 3. The van der Waals surface area contributed by atoms with Gasteiger partial charge in [0.2, 0.25) is 0 Å². The van der Waals surface area contributed by atoms with Crippen LogP contribution in [0.1, 0.15) is 10.4 Å². The van der Waals surface area contributed by atoms with Crippen LogP contribution in [-0.2, 0) is 7.05 Å². The highest BCUT2D eigenvalue weighted by atomic mass is 16.3. The molecule has 16 heavy (non-hydrogen) atoms. The van der Waals surface area contributed by atoms with E-state index in [4.69, 9.17) is 5.11 Å². The second-order valence-corrected chi connectivity index (χ2v) is 4.10. The maximum atomic E-state index is 11.9. The van der Waals surface area contributed by atoms with Crippen molar-refractivity contribution in [1.82, 2.24) is 9.47 Å². The van der Waals surface area contributed by atoms with Crippen molar-refractivity contribution >= 4 is 5.91 Å². The van der Waals surface area contributed by atoms with Gasteiger partial charge in [0.1, 0.15) is 5.56 Å². The molecule has 2 heterocycles. The van der Waals surface area contributed by atoms with Crippen LogP contribution >= 0.6 is 0 Å². The minimum atomic E-state index is -0.278. The summed E-state index contributed by atoms with van der Waals surface area (Å²) in [6, 6.07) is 3.22. The summed E-state index contributed by atoms with van der Waals surface area (Å²) in [5, 5.41) is 8.85. The van der Waals surface area contributed by atoms with E-state index in [1.54, 1.807) is 24.2 Å². The number of pyridine rings is 1. The van der Waals surface area contributed by atoms with E-state index in [1.807, 2.05) is 0 Å². The number of aromatic nitrogens is 1. The first-order valence-corrected chi connectivity index (χ1v) is 5.19. The Balaban J connectivity index is 2.17. The van der Waals surface area contributed by atoms with Crippen LogP contribution in [0.3, 0.4) is 0 Å².